The van der Waals surface area contributed by atoms with E-state index in [4.69, 9.17) is 4.74 Å². The third-order valence-corrected chi connectivity index (χ3v) is 10.8. The van der Waals surface area contributed by atoms with Crippen LogP contribution in [-0.2, 0) is 16.0 Å². The highest BCUT2D eigenvalue weighted by Crippen LogP contribution is 2.63. The lowest BCUT2D eigenvalue weighted by molar-refractivity contribution is -0.114. The zero-order chi connectivity index (χ0) is 31.4. The van der Waals surface area contributed by atoms with Gasteiger partial charge in [0.15, 0.2) is 0 Å². The highest BCUT2D eigenvalue weighted by Gasteiger charge is 2.59. The van der Waals surface area contributed by atoms with Crippen molar-refractivity contribution in [1.82, 2.24) is 4.90 Å². The van der Waals surface area contributed by atoms with Crippen LogP contribution >= 0.6 is 0 Å². The molecule has 2 fully saturated rings. The summed E-state index contributed by atoms with van der Waals surface area (Å²) in [6.07, 6.45) is 6.47. The fourth-order valence-electron chi connectivity index (χ4n) is 8.69. The number of aromatic hydroxyl groups is 1. The smallest absolute Gasteiger partial charge is 0.253 e. The first-order chi connectivity index (χ1) is 21.1. The lowest BCUT2D eigenvalue weighted by atomic mass is 9.51. The molecule has 0 saturated heterocycles. The van der Waals surface area contributed by atoms with Crippen LogP contribution in [0.1, 0.15) is 92.6 Å². The van der Waals surface area contributed by atoms with E-state index in [2.05, 4.69) is 12.2 Å². The molecule has 5 rings (SSSR count). The Kier molecular flexibility index (Phi) is 10.3. The SMILES string of the molecule is COCCN(CCCCCC[C@@H]1Cc2cc(O)ccc2[C@@H]2[C@@H]1[C@@H]1CC[C@H](O)[C@@]1(C)C[C@@H]2F)C(=O)c1ccc(NC(C)=O)cc1. The summed E-state index contributed by atoms with van der Waals surface area (Å²) in [6.45, 7) is 5.17. The molecule has 2 saturated carbocycles. The van der Waals surface area contributed by atoms with Crippen molar-refractivity contribution in [2.45, 2.75) is 89.8 Å². The van der Waals surface area contributed by atoms with Gasteiger partial charge in [-0.1, -0.05) is 32.3 Å². The lowest BCUT2D eigenvalue weighted by Crippen LogP contribution is -2.51. The number of carbonyl (C=O) groups is 2. The average Bonchev–Trinajstić information content (AvgIpc) is 3.28. The van der Waals surface area contributed by atoms with Crippen molar-refractivity contribution in [3.8, 4) is 5.75 Å². The van der Waals surface area contributed by atoms with Gasteiger partial charge in [-0.2, -0.15) is 0 Å². The van der Waals surface area contributed by atoms with Gasteiger partial charge in [-0.3, -0.25) is 9.59 Å². The van der Waals surface area contributed by atoms with E-state index in [0.717, 1.165) is 62.5 Å². The largest absolute Gasteiger partial charge is 0.508 e. The van der Waals surface area contributed by atoms with Crippen molar-refractivity contribution in [1.29, 1.82) is 0 Å². The minimum Gasteiger partial charge on any atom is -0.508 e. The number of benzene rings is 2. The number of aliphatic hydroxyl groups excluding tert-OH is 1. The molecule has 3 aliphatic carbocycles. The third-order valence-electron chi connectivity index (χ3n) is 10.8. The number of halogens is 1. The number of fused-ring (bicyclic) bond motifs is 5. The quantitative estimate of drug-likeness (QED) is 0.240. The maximum Gasteiger partial charge on any atom is 0.253 e. The first kappa shape index (κ1) is 32.4. The van der Waals surface area contributed by atoms with Gasteiger partial charge in [0.2, 0.25) is 5.91 Å². The van der Waals surface area contributed by atoms with Gasteiger partial charge in [0, 0.05) is 44.3 Å². The van der Waals surface area contributed by atoms with Crippen LogP contribution in [0.2, 0.25) is 0 Å². The summed E-state index contributed by atoms with van der Waals surface area (Å²) >= 11 is 0. The summed E-state index contributed by atoms with van der Waals surface area (Å²) in [5.41, 5.74) is 3.02. The van der Waals surface area contributed by atoms with Crippen LogP contribution in [0.3, 0.4) is 0 Å². The molecule has 7 nitrogen and oxygen atoms in total. The Morgan fingerprint density at radius 2 is 1.82 bits per heavy atom. The molecule has 240 valence electrons. The van der Waals surface area contributed by atoms with Crippen LogP contribution < -0.4 is 5.32 Å². The first-order valence-electron chi connectivity index (χ1n) is 16.4. The van der Waals surface area contributed by atoms with Gasteiger partial charge in [0.05, 0.1) is 12.7 Å². The summed E-state index contributed by atoms with van der Waals surface area (Å²) in [4.78, 5) is 26.4. The lowest BCUT2D eigenvalue weighted by Gasteiger charge is -2.54. The Balaban J connectivity index is 1.18. The number of hydrogen-bond acceptors (Lipinski definition) is 5. The standard InChI is InChI=1S/C36H49FN2O5/c1-23(40)38-27-11-9-24(10-12-27)35(43)39(18-19-44-3)17-7-5-4-6-8-25-20-26-21-28(41)13-14-29(26)34-31(37)22-36(2)30(33(25)34)15-16-32(36)42/h9-14,21,25,30-34,41-42H,4-8,15-20,22H2,1-3H3,(H,38,40)/t25-,30+,31+,32+,33+,34+,36+/m1/s1. The maximum atomic E-state index is 16.0. The van der Waals surface area contributed by atoms with Gasteiger partial charge >= 0.3 is 0 Å². The molecule has 2 amide bonds. The maximum absolute atomic E-state index is 16.0. The molecular formula is C36H49FN2O5. The molecule has 3 aliphatic rings. The second kappa shape index (κ2) is 14.0. The molecule has 0 radical (unpaired) electrons. The molecule has 0 aromatic heterocycles. The van der Waals surface area contributed by atoms with Gasteiger partial charge in [-0.25, -0.2) is 4.39 Å². The zero-order valence-electron chi connectivity index (χ0n) is 26.4. The highest BCUT2D eigenvalue weighted by molar-refractivity contribution is 5.95. The molecule has 8 heteroatoms. The number of methoxy groups -OCH3 is 1. The fourth-order valence-corrected chi connectivity index (χ4v) is 8.69. The molecule has 2 aromatic carbocycles. The molecule has 7 atom stereocenters. The van der Waals surface area contributed by atoms with Crippen LogP contribution in [0.4, 0.5) is 10.1 Å². The molecule has 0 unspecified atom stereocenters. The van der Waals surface area contributed by atoms with Crippen molar-refractivity contribution in [2.24, 2.45) is 23.2 Å². The van der Waals surface area contributed by atoms with Gasteiger partial charge in [-0.15, -0.1) is 0 Å². The van der Waals surface area contributed by atoms with Crippen molar-refractivity contribution >= 4 is 17.5 Å². The number of phenols is 1. The zero-order valence-corrected chi connectivity index (χ0v) is 26.4. The molecule has 44 heavy (non-hydrogen) atoms. The van der Waals surface area contributed by atoms with E-state index in [9.17, 15) is 19.8 Å². The van der Waals surface area contributed by atoms with Gasteiger partial charge in [0.25, 0.3) is 5.91 Å². The monoisotopic (exact) mass is 608 g/mol. The summed E-state index contributed by atoms with van der Waals surface area (Å²) < 4.78 is 21.3. The van der Waals surface area contributed by atoms with E-state index in [0.29, 0.717) is 49.2 Å². The molecule has 0 aliphatic heterocycles. The predicted molar refractivity (Wildman–Crippen MR) is 169 cm³/mol. The summed E-state index contributed by atoms with van der Waals surface area (Å²) in [6, 6.07) is 12.4. The van der Waals surface area contributed by atoms with E-state index >= 15 is 4.39 Å². The van der Waals surface area contributed by atoms with E-state index < -0.39 is 12.3 Å². The van der Waals surface area contributed by atoms with Gasteiger partial charge < -0.3 is 25.2 Å². The number of hydrogen-bond donors (Lipinski definition) is 3. The number of anilines is 1. The minimum atomic E-state index is -0.989. The number of carbonyl (C=O) groups excluding carboxylic acids is 2. The summed E-state index contributed by atoms with van der Waals surface area (Å²) in [5, 5.41) is 23.8. The van der Waals surface area contributed by atoms with Crippen molar-refractivity contribution in [3.63, 3.8) is 0 Å². The number of alkyl halides is 1. The predicted octanol–water partition coefficient (Wildman–Crippen LogP) is 6.48. The summed E-state index contributed by atoms with van der Waals surface area (Å²) in [7, 11) is 1.63. The Labute approximate surface area is 261 Å². The molecule has 2 aromatic rings. The minimum absolute atomic E-state index is 0.0496. The average molecular weight is 609 g/mol. The normalized spacial score (nSPS) is 28.9. The highest BCUT2D eigenvalue weighted by atomic mass is 19.1. The number of phenolic OH excluding ortho intramolecular Hbond substituents is 1. The molecular weight excluding hydrogens is 559 g/mol. The molecule has 0 heterocycles. The Bertz CT molecular complexity index is 1300. The summed E-state index contributed by atoms with van der Waals surface area (Å²) in [5.74, 6) is 0.713. The van der Waals surface area contributed by atoms with Crippen LogP contribution in [0, 0.1) is 23.2 Å². The number of aliphatic hydroxyl groups is 1. The van der Waals surface area contributed by atoms with Crippen LogP contribution in [0.15, 0.2) is 42.5 Å². The Morgan fingerprint density at radius 3 is 2.55 bits per heavy atom. The van der Waals surface area contributed by atoms with E-state index in [1.807, 2.05) is 17.0 Å². The van der Waals surface area contributed by atoms with Crippen molar-refractivity contribution in [3.05, 3.63) is 59.2 Å². The Morgan fingerprint density at radius 1 is 1.07 bits per heavy atom. The van der Waals surface area contributed by atoms with E-state index in [-0.39, 0.29) is 34.8 Å². The van der Waals surface area contributed by atoms with E-state index in [1.165, 1.54) is 6.92 Å². The molecule has 0 spiro atoms. The molecule has 3 N–H and O–H groups in total. The second-order valence-electron chi connectivity index (χ2n) is 13.6. The van der Waals surface area contributed by atoms with Crippen LogP contribution in [0.25, 0.3) is 0 Å². The fraction of sp³-hybridized carbons (Fsp3) is 0.611. The topological polar surface area (TPSA) is 99.1 Å². The van der Waals surface area contributed by atoms with Crippen LogP contribution in [-0.4, -0.2) is 66.0 Å². The second-order valence-corrected chi connectivity index (χ2v) is 13.6. The number of rotatable bonds is 12. The Hall–Kier alpha value is -2.97. The van der Waals surface area contributed by atoms with Gasteiger partial charge in [0.1, 0.15) is 11.9 Å². The van der Waals surface area contributed by atoms with Gasteiger partial charge in [-0.05, 0) is 109 Å². The van der Waals surface area contributed by atoms with Crippen LogP contribution in [0.5, 0.6) is 5.75 Å². The number of unbranched alkanes of at least 4 members (excludes halogenated alkanes) is 3. The van der Waals surface area contributed by atoms with Crippen molar-refractivity contribution in [2.75, 3.05) is 32.1 Å². The first-order valence-corrected chi connectivity index (χ1v) is 16.4. The number of nitrogens with zero attached hydrogens (tertiary/aromatic N) is 1. The number of ether oxygens (including phenoxy) is 1. The molecule has 0 bridgehead atoms. The van der Waals surface area contributed by atoms with Crippen molar-refractivity contribution < 1.29 is 28.9 Å². The third kappa shape index (κ3) is 6.81. The van der Waals surface area contributed by atoms with E-state index in [1.54, 1.807) is 37.4 Å². The number of nitrogens with one attached hydrogen (secondary N) is 1. The number of amides is 2.